The lowest BCUT2D eigenvalue weighted by molar-refractivity contribution is 0.00661. The predicted octanol–water partition coefficient (Wildman–Crippen LogP) is 7.95. The van der Waals surface area contributed by atoms with Gasteiger partial charge < -0.3 is 18.6 Å². The number of pyridine rings is 3. The third-order valence-corrected chi connectivity index (χ3v) is 14.6. The molecule has 12 nitrogen and oxygen atoms in total. The fourth-order valence-electron chi connectivity index (χ4n) is 6.11. The number of halogens is 1. The number of hydrogen-bond acceptors (Lipinski definition) is 9. The van der Waals surface area contributed by atoms with Crippen molar-refractivity contribution in [1.82, 2.24) is 34.3 Å². The van der Waals surface area contributed by atoms with E-state index in [4.69, 9.17) is 23.7 Å². The van der Waals surface area contributed by atoms with E-state index in [1.54, 1.807) is 35.0 Å². The third kappa shape index (κ3) is 8.23. The van der Waals surface area contributed by atoms with E-state index in [0.29, 0.717) is 42.2 Å². The zero-order valence-corrected chi connectivity index (χ0v) is 33.3. The van der Waals surface area contributed by atoms with Crippen molar-refractivity contribution in [2.45, 2.75) is 104 Å². The summed E-state index contributed by atoms with van der Waals surface area (Å²) in [6.45, 7) is 19.5. The minimum absolute atomic E-state index is 0.0386. The van der Waals surface area contributed by atoms with Crippen LogP contribution in [-0.2, 0) is 28.7 Å². The van der Waals surface area contributed by atoms with Crippen LogP contribution in [0.1, 0.15) is 70.3 Å². The Bertz CT molecular complexity index is 2070. The van der Waals surface area contributed by atoms with Crippen LogP contribution < -0.4 is 9.47 Å². The molecule has 1 amide bonds. The Hall–Kier alpha value is -4.82. The number of fused-ring (bicyclic) bond motifs is 2. The molecule has 53 heavy (non-hydrogen) atoms. The Balaban J connectivity index is 1.40. The maximum Gasteiger partial charge on any atom is 0.410 e. The van der Waals surface area contributed by atoms with Gasteiger partial charge in [0, 0.05) is 35.6 Å². The average Bonchev–Trinajstić information content (AvgIpc) is 3.66. The summed E-state index contributed by atoms with van der Waals surface area (Å²) in [4.78, 5) is 24.3. The molecule has 14 heteroatoms. The molecule has 0 spiro atoms. The van der Waals surface area contributed by atoms with E-state index >= 15 is 0 Å². The number of carbonyl (C=O) groups is 1. The second kappa shape index (κ2) is 14.5. The maximum atomic E-state index is 14.0. The third-order valence-electron chi connectivity index (χ3n) is 10.1. The zero-order valence-electron chi connectivity index (χ0n) is 32.3. The Kier molecular flexibility index (Phi) is 10.4. The summed E-state index contributed by atoms with van der Waals surface area (Å²) in [5.41, 5.74) is 4.65. The Morgan fingerprint density at radius 3 is 2.47 bits per heavy atom. The van der Waals surface area contributed by atoms with Crippen molar-refractivity contribution in [2.24, 2.45) is 0 Å². The number of methoxy groups -OCH3 is 1. The standard InChI is InChI=1S/C39H50FN7O5Si/c1-25-31-23-45(37(48)52-38(2,3)4)29(18-28-13-11-12-16-41-28)22-46(31)44-35(25)26-17-32(36-33(49-8)20-43-47(36)21-26)51-34(30-15-14-27(40)19-42-30)24-50-53(9,10)39(5,6)7/h11-17,19-21,29,34H,18,22-24H2,1-10H3/t29-,34?/m0/s1. The molecule has 5 aromatic heterocycles. The van der Waals surface area contributed by atoms with Crippen LogP contribution in [0.4, 0.5) is 9.18 Å². The number of rotatable bonds is 10. The van der Waals surface area contributed by atoms with Crippen molar-refractivity contribution in [1.29, 1.82) is 0 Å². The Labute approximate surface area is 311 Å². The van der Waals surface area contributed by atoms with E-state index in [0.717, 1.165) is 28.2 Å². The first kappa shape index (κ1) is 37.9. The Morgan fingerprint density at radius 2 is 1.83 bits per heavy atom. The fraction of sp³-hybridized carbons (Fsp3) is 0.462. The number of aromatic nitrogens is 6. The second-order valence-electron chi connectivity index (χ2n) is 16.1. The number of hydrogen-bond donors (Lipinski definition) is 0. The average molecular weight is 744 g/mol. The fourth-order valence-corrected chi connectivity index (χ4v) is 7.11. The van der Waals surface area contributed by atoms with Crippen LogP contribution >= 0.6 is 0 Å². The second-order valence-corrected chi connectivity index (χ2v) is 20.9. The zero-order chi connectivity index (χ0) is 38.3. The molecule has 0 aliphatic carbocycles. The van der Waals surface area contributed by atoms with Gasteiger partial charge in [-0.3, -0.25) is 19.5 Å². The molecule has 0 saturated heterocycles. The van der Waals surface area contributed by atoms with Gasteiger partial charge in [0.2, 0.25) is 0 Å². The van der Waals surface area contributed by atoms with Crippen molar-refractivity contribution in [3.8, 4) is 22.8 Å². The first-order chi connectivity index (χ1) is 24.9. The minimum Gasteiger partial charge on any atom is -0.493 e. The summed E-state index contributed by atoms with van der Waals surface area (Å²) in [5, 5.41) is 9.67. The summed E-state index contributed by atoms with van der Waals surface area (Å²) < 4.78 is 42.7. The van der Waals surface area contributed by atoms with Crippen molar-refractivity contribution < 1.29 is 27.8 Å². The highest BCUT2D eigenvalue weighted by Gasteiger charge is 2.39. The van der Waals surface area contributed by atoms with Crippen LogP contribution in [-0.4, -0.2) is 74.0 Å². The lowest BCUT2D eigenvalue weighted by Gasteiger charge is -2.37. The van der Waals surface area contributed by atoms with E-state index in [9.17, 15) is 9.18 Å². The number of nitrogens with zero attached hydrogens (tertiary/aromatic N) is 7. The van der Waals surface area contributed by atoms with Gasteiger partial charge >= 0.3 is 6.09 Å². The molecule has 0 aromatic carbocycles. The summed E-state index contributed by atoms with van der Waals surface area (Å²) in [7, 11) is -0.617. The summed E-state index contributed by atoms with van der Waals surface area (Å²) in [6, 6.07) is 10.5. The molecule has 0 N–H and O–H groups in total. The quantitative estimate of drug-likeness (QED) is 0.131. The normalized spacial score (nSPS) is 15.7. The molecular weight excluding hydrogens is 694 g/mol. The molecule has 0 fully saturated rings. The topological polar surface area (TPSA) is 118 Å². The molecule has 5 aromatic rings. The first-order valence-electron chi connectivity index (χ1n) is 17.9. The molecule has 1 unspecified atom stereocenters. The number of carbonyl (C=O) groups excluding carboxylic acids is 1. The predicted molar refractivity (Wildman–Crippen MR) is 202 cm³/mol. The first-order valence-corrected chi connectivity index (χ1v) is 20.8. The highest BCUT2D eigenvalue weighted by atomic mass is 28.4. The maximum absolute atomic E-state index is 14.0. The Morgan fingerprint density at radius 1 is 1.06 bits per heavy atom. The van der Waals surface area contributed by atoms with E-state index in [-0.39, 0.29) is 23.8 Å². The largest absolute Gasteiger partial charge is 0.493 e. The summed E-state index contributed by atoms with van der Waals surface area (Å²) in [6.07, 6.45) is 5.95. The van der Waals surface area contributed by atoms with Crippen molar-refractivity contribution in [2.75, 3.05) is 13.7 Å². The molecule has 6 rings (SSSR count). The van der Waals surface area contributed by atoms with Gasteiger partial charge in [0.25, 0.3) is 0 Å². The van der Waals surface area contributed by atoms with E-state index < -0.39 is 25.8 Å². The molecule has 282 valence electrons. The smallest absolute Gasteiger partial charge is 0.410 e. The van der Waals surface area contributed by atoms with Crippen molar-refractivity contribution in [3.05, 3.63) is 89.6 Å². The molecule has 1 aliphatic rings. The van der Waals surface area contributed by atoms with Crippen molar-refractivity contribution >= 4 is 19.9 Å². The van der Waals surface area contributed by atoms with Gasteiger partial charge in [-0.25, -0.2) is 13.7 Å². The van der Waals surface area contributed by atoms with Crippen molar-refractivity contribution in [3.63, 3.8) is 0 Å². The monoisotopic (exact) mass is 743 g/mol. The lowest BCUT2D eigenvalue weighted by atomic mass is 10.0. The molecule has 6 heterocycles. The van der Waals surface area contributed by atoms with Gasteiger partial charge in [-0.15, -0.1) is 0 Å². The summed E-state index contributed by atoms with van der Waals surface area (Å²) >= 11 is 0. The lowest BCUT2D eigenvalue weighted by Crippen LogP contribution is -2.49. The number of ether oxygens (including phenoxy) is 3. The van der Waals surface area contributed by atoms with Crippen LogP contribution in [0.2, 0.25) is 18.1 Å². The van der Waals surface area contributed by atoms with Gasteiger partial charge in [-0.1, -0.05) is 26.8 Å². The summed E-state index contributed by atoms with van der Waals surface area (Å²) in [5.74, 6) is 0.556. The van der Waals surface area contributed by atoms with Crippen LogP contribution in [0.5, 0.6) is 11.5 Å². The van der Waals surface area contributed by atoms with Crippen LogP contribution in [0.15, 0.2) is 61.2 Å². The van der Waals surface area contributed by atoms with Gasteiger partial charge in [-0.2, -0.15) is 10.2 Å². The van der Waals surface area contributed by atoms with E-state index in [1.165, 1.54) is 12.3 Å². The highest BCUT2D eigenvalue weighted by Crippen LogP contribution is 2.40. The highest BCUT2D eigenvalue weighted by molar-refractivity contribution is 6.74. The van der Waals surface area contributed by atoms with Gasteiger partial charge in [-0.05, 0) is 76.2 Å². The van der Waals surface area contributed by atoms with Gasteiger partial charge in [0.15, 0.2) is 31.4 Å². The van der Waals surface area contributed by atoms with Crippen LogP contribution in [0, 0.1) is 12.7 Å². The minimum atomic E-state index is -2.20. The molecule has 2 atom stereocenters. The molecule has 1 aliphatic heterocycles. The molecule has 0 saturated carbocycles. The van der Waals surface area contributed by atoms with Crippen LogP contribution in [0.3, 0.4) is 0 Å². The van der Waals surface area contributed by atoms with E-state index in [1.807, 2.05) is 62.8 Å². The SMILES string of the molecule is COc1cnn2cc(-c3nn4c(c3C)CN(C(=O)OC(C)(C)C)[C@@H](Cc3ccccn3)C4)cc(OC(CO[Si](C)(C)C(C)(C)C)c3ccc(F)cn3)c12. The van der Waals surface area contributed by atoms with Gasteiger partial charge in [0.05, 0.1) is 62.3 Å². The molecule has 0 radical (unpaired) electrons. The molecule has 0 bridgehead atoms. The van der Waals surface area contributed by atoms with Gasteiger partial charge in [0.1, 0.15) is 11.4 Å². The van der Waals surface area contributed by atoms with E-state index in [2.05, 4.69) is 48.9 Å². The molecular formula is C39H50FN7O5Si. The number of amides is 1. The van der Waals surface area contributed by atoms with Crippen LogP contribution in [0.25, 0.3) is 16.8 Å².